The van der Waals surface area contributed by atoms with Crippen molar-refractivity contribution in [2.24, 2.45) is 5.92 Å². The minimum atomic E-state index is -0.598. The zero-order chi connectivity index (χ0) is 36.7. The zero-order valence-electron chi connectivity index (χ0n) is 30.3. The lowest BCUT2D eigenvalue weighted by Crippen LogP contribution is -2.50. The van der Waals surface area contributed by atoms with E-state index in [1.807, 2.05) is 68.1 Å². The Labute approximate surface area is 317 Å². The molecule has 4 atom stereocenters. The van der Waals surface area contributed by atoms with E-state index in [1.165, 1.54) is 0 Å². The van der Waals surface area contributed by atoms with Crippen LogP contribution in [-0.2, 0) is 15.9 Å². The van der Waals surface area contributed by atoms with Crippen LogP contribution in [0.15, 0.2) is 42.5 Å². The average Bonchev–Trinajstić information content (AvgIpc) is 3.83. The molecule has 4 aliphatic rings. The molecule has 3 aromatic carbocycles. The van der Waals surface area contributed by atoms with Crippen molar-refractivity contribution in [3.8, 4) is 28.8 Å². The van der Waals surface area contributed by atoms with Crippen molar-refractivity contribution in [1.82, 2.24) is 14.8 Å². The first kappa shape index (κ1) is 36.4. The molecule has 52 heavy (non-hydrogen) atoms. The van der Waals surface area contributed by atoms with Crippen molar-refractivity contribution < 1.29 is 28.1 Å². The molecule has 1 aliphatic carbocycles. The first-order valence-electron chi connectivity index (χ1n) is 17.9. The molecule has 1 aromatic heterocycles. The number of carbonyl (C=O) groups excluding carboxylic acids is 1. The van der Waals surface area contributed by atoms with Gasteiger partial charge in [-0.15, -0.1) is 0 Å². The number of amides is 1. The lowest BCUT2D eigenvalue weighted by Gasteiger charge is -2.38. The van der Waals surface area contributed by atoms with Crippen LogP contribution in [0.1, 0.15) is 52.0 Å². The van der Waals surface area contributed by atoms with Gasteiger partial charge in [-0.3, -0.25) is 0 Å². The number of likely N-dealkylation sites (tertiary alicyclic amines) is 1. The van der Waals surface area contributed by atoms with Crippen LogP contribution in [0.5, 0.6) is 11.6 Å². The molecule has 3 saturated heterocycles. The Morgan fingerprint density at radius 1 is 1.17 bits per heavy atom. The molecule has 12 heteroatoms. The van der Waals surface area contributed by atoms with E-state index in [-0.39, 0.29) is 48.9 Å². The summed E-state index contributed by atoms with van der Waals surface area (Å²) in [4.78, 5) is 22.2. The smallest absolute Gasteiger partial charge is 0.410 e. The summed E-state index contributed by atoms with van der Waals surface area (Å²) in [5.74, 6) is 0.632. The number of benzene rings is 3. The summed E-state index contributed by atoms with van der Waals surface area (Å²) in [7, 11) is 3.65. The number of hydrogen-bond donors (Lipinski definition) is 1. The Hall–Kier alpha value is -3.93. The minimum Gasteiger partial charge on any atom is -0.475 e. The number of aromatic nitrogens is 1. The molecule has 2 bridgehead atoms. The number of ether oxygens (including phenoxy) is 4. The quantitative estimate of drug-likeness (QED) is 0.119. The van der Waals surface area contributed by atoms with E-state index >= 15 is 4.39 Å². The number of rotatable bonds is 11. The van der Waals surface area contributed by atoms with Gasteiger partial charge in [0, 0.05) is 43.0 Å². The Bertz CT molecular complexity index is 2050. The van der Waals surface area contributed by atoms with Crippen molar-refractivity contribution in [1.29, 1.82) is 5.26 Å². The second-order valence-corrected chi connectivity index (χ2v) is 16.2. The molecule has 10 nitrogen and oxygen atoms in total. The topological polar surface area (TPSA) is 109 Å². The molecule has 0 radical (unpaired) electrons. The van der Waals surface area contributed by atoms with Gasteiger partial charge in [-0.25, -0.2) is 14.2 Å². The summed E-state index contributed by atoms with van der Waals surface area (Å²) in [5.41, 5.74) is 2.01. The summed E-state index contributed by atoms with van der Waals surface area (Å²) in [6, 6.07) is 15.9. The maximum absolute atomic E-state index is 17.6. The van der Waals surface area contributed by atoms with Gasteiger partial charge < -0.3 is 34.1 Å². The number of fused-ring (bicyclic) bond motifs is 3. The third-order valence-electron chi connectivity index (χ3n) is 10.5. The first-order chi connectivity index (χ1) is 25.0. The second-order valence-electron chi connectivity index (χ2n) is 15.1. The molecule has 1 saturated carbocycles. The van der Waals surface area contributed by atoms with Gasteiger partial charge in [-0.1, -0.05) is 24.3 Å². The number of aryl methyl sites for hydroxylation is 1. The summed E-state index contributed by atoms with van der Waals surface area (Å²) < 4.78 is 41.6. The fourth-order valence-electron chi connectivity index (χ4n) is 7.88. The van der Waals surface area contributed by atoms with Crippen LogP contribution < -0.4 is 14.8 Å². The van der Waals surface area contributed by atoms with Gasteiger partial charge in [0.25, 0.3) is 0 Å². The number of halogens is 2. The number of nitrogens with one attached hydrogen (secondary N) is 1. The maximum Gasteiger partial charge on any atom is 0.410 e. The predicted molar refractivity (Wildman–Crippen MR) is 207 cm³/mol. The van der Waals surface area contributed by atoms with E-state index < -0.39 is 11.4 Å². The van der Waals surface area contributed by atoms with Gasteiger partial charge in [0.1, 0.15) is 23.5 Å². The van der Waals surface area contributed by atoms with E-state index in [0.717, 1.165) is 45.8 Å². The highest BCUT2D eigenvalue weighted by atomic mass is 127. The summed E-state index contributed by atoms with van der Waals surface area (Å²) in [5, 5.41) is 15.8. The molecule has 4 unspecified atom stereocenters. The third-order valence-corrected chi connectivity index (χ3v) is 11.5. The van der Waals surface area contributed by atoms with Crippen molar-refractivity contribution in [3.63, 3.8) is 0 Å². The van der Waals surface area contributed by atoms with E-state index in [9.17, 15) is 10.1 Å². The Morgan fingerprint density at radius 2 is 1.98 bits per heavy atom. The van der Waals surface area contributed by atoms with Crippen LogP contribution in [0.2, 0.25) is 0 Å². The van der Waals surface area contributed by atoms with E-state index in [2.05, 4.69) is 45.9 Å². The van der Waals surface area contributed by atoms with Crippen molar-refractivity contribution in [2.45, 2.75) is 76.6 Å². The van der Waals surface area contributed by atoms with Crippen molar-refractivity contribution in [3.05, 3.63) is 57.4 Å². The fourth-order valence-corrected chi connectivity index (χ4v) is 8.60. The predicted octanol–water partition coefficient (Wildman–Crippen LogP) is 8.13. The van der Waals surface area contributed by atoms with Crippen LogP contribution >= 0.6 is 22.6 Å². The normalized spacial score (nSPS) is 21.3. The summed E-state index contributed by atoms with van der Waals surface area (Å²) >= 11 is 2.25. The molecule has 1 amide bonds. The number of pyridine rings is 1. The average molecular weight is 822 g/mol. The molecule has 4 fully saturated rings. The Kier molecular flexibility index (Phi) is 10.4. The Balaban J connectivity index is 1.37. The number of anilines is 1. The van der Waals surface area contributed by atoms with Crippen LogP contribution in [0.3, 0.4) is 0 Å². The summed E-state index contributed by atoms with van der Waals surface area (Å²) in [6.45, 7) is 7.69. The highest BCUT2D eigenvalue weighted by molar-refractivity contribution is 14.1. The molecule has 4 heterocycles. The number of nitrogens with zero attached hydrogens (tertiary/aromatic N) is 4. The van der Waals surface area contributed by atoms with Gasteiger partial charge in [-0.2, -0.15) is 5.26 Å². The standard InChI is InChI=1S/C40H45FIN5O5/c1-40(2,3)52-39(48)47-20-25-18-31(47)35(25)44-37-30-17-24(11-8-14-43)32(29-19-27(51-22-49-5)16-23-10-6-7-13-28(23)29)33(41)36(30)45-38(34(37)42)50-21-26-12-9-15-46(26)4/h6-7,10,13,16-17,19,25-26,31,35H,8-9,11-12,15,18,20-22H2,1-5H3,(H,44,45). The van der Waals surface area contributed by atoms with E-state index in [4.69, 9.17) is 23.9 Å². The van der Waals surface area contributed by atoms with Gasteiger partial charge in [-0.05, 0) is 123 Å². The molecule has 0 spiro atoms. The van der Waals surface area contributed by atoms with Gasteiger partial charge in [0.05, 0.1) is 27.4 Å². The van der Waals surface area contributed by atoms with Crippen molar-refractivity contribution in [2.75, 3.05) is 46.0 Å². The number of hydrogen-bond acceptors (Lipinski definition) is 9. The second kappa shape index (κ2) is 14.8. The summed E-state index contributed by atoms with van der Waals surface area (Å²) in [6.07, 6.45) is 3.21. The van der Waals surface area contributed by atoms with E-state index in [1.54, 1.807) is 7.11 Å². The van der Waals surface area contributed by atoms with Crippen molar-refractivity contribution >= 4 is 56.0 Å². The van der Waals surface area contributed by atoms with Crippen LogP contribution in [-0.4, -0.2) is 85.3 Å². The molecular weight excluding hydrogens is 776 g/mol. The molecule has 8 rings (SSSR count). The van der Waals surface area contributed by atoms with Gasteiger partial charge >= 0.3 is 6.09 Å². The number of methoxy groups -OCH3 is 1. The zero-order valence-corrected chi connectivity index (χ0v) is 32.5. The molecular formula is C40H45FIN5O5. The molecule has 3 aliphatic heterocycles. The van der Waals surface area contributed by atoms with E-state index in [0.29, 0.717) is 53.3 Å². The highest BCUT2D eigenvalue weighted by Gasteiger charge is 2.55. The number of carbonyl (C=O) groups is 1. The lowest BCUT2D eigenvalue weighted by atomic mass is 9.79. The Morgan fingerprint density at radius 3 is 2.71 bits per heavy atom. The first-order valence-corrected chi connectivity index (χ1v) is 19.0. The monoisotopic (exact) mass is 821 g/mol. The third kappa shape index (κ3) is 7.07. The van der Waals surface area contributed by atoms with Crippen LogP contribution in [0.25, 0.3) is 32.8 Å². The maximum atomic E-state index is 17.6. The lowest BCUT2D eigenvalue weighted by molar-refractivity contribution is 0.0239. The van der Waals surface area contributed by atoms with Crippen LogP contribution in [0.4, 0.5) is 14.9 Å². The largest absolute Gasteiger partial charge is 0.475 e. The molecule has 274 valence electrons. The highest BCUT2D eigenvalue weighted by Crippen LogP contribution is 2.47. The molecule has 4 aromatic rings. The number of nitriles is 1. The van der Waals surface area contributed by atoms with Crippen LogP contribution in [0, 0.1) is 26.6 Å². The fraction of sp³-hybridized carbons (Fsp3) is 0.475. The SMILES string of the molecule is COCOc1cc(-c2c(CCC#N)cc3c(NC4C5CC4N(C(=O)OC(C)(C)C)C5)c(I)c(OCC4CCCN4C)nc3c2F)c2ccccc2c1. The van der Waals surface area contributed by atoms with Gasteiger partial charge in [0.2, 0.25) is 5.88 Å². The minimum absolute atomic E-state index is 0.0414. The molecule has 1 N–H and O–H groups in total. The number of likely N-dealkylation sites (N-methyl/N-ethyl adjacent to an activating group) is 1. The van der Waals surface area contributed by atoms with Gasteiger partial charge in [0.15, 0.2) is 12.6 Å².